The zero-order chi connectivity index (χ0) is 5.70. The van der Waals surface area contributed by atoms with Gasteiger partial charge in [0.1, 0.15) is 0 Å². The van der Waals surface area contributed by atoms with Crippen LogP contribution in [0.5, 0.6) is 0 Å². The van der Waals surface area contributed by atoms with E-state index in [2.05, 4.69) is 4.52 Å². The first-order chi connectivity index (χ1) is 3.27. The Labute approximate surface area is 43.6 Å². The second-order valence-corrected chi connectivity index (χ2v) is 1.63. The Bertz CT molecular complexity index is 54.1. The minimum atomic E-state index is -0.526. The molecule has 0 aliphatic rings. The fourth-order valence-electron chi connectivity index (χ4n) is 0.138. The zero-order valence-electron chi connectivity index (χ0n) is 4.00. The molecule has 4 heteroatoms. The maximum Gasteiger partial charge on any atom is 0.327 e. The van der Waals surface area contributed by atoms with Crippen LogP contribution in [-0.4, -0.2) is 17.8 Å². The summed E-state index contributed by atoms with van der Waals surface area (Å²) in [5.41, 5.74) is 0. The summed E-state index contributed by atoms with van der Waals surface area (Å²) < 4.78 is 13.7. The summed E-state index contributed by atoms with van der Waals surface area (Å²) in [5.74, 6) is 0. The Morgan fingerprint density at radius 2 is 2.57 bits per heavy atom. The van der Waals surface area contributed by atoms with E-state index >= 15 is 0 Å². The van der Waals surface area contributed by atoms with Gasteiger partial charge in [-0.15, -0.1) is 0 Å². The molecule has 1 unspecified atom stereocenters. The highest BCUT2D eigenvalue weighted by molar-refractivity contribution is 7.17. The van der Waals surface area contributed by atoms with Crippen molar-refractivity contribution in [3.05, 3.63) is 0 Å². The third-order valence-corrected chi connectivity index (χ3v) is 0.623. The smallest absolute Gasteiger partial charge is 0.327 e. The van der Waals surface area contributed by atoms with Crippen LogP contribution < -0.4 is 0 Å². The average molecular weight is 122 g/mol. The monoisotopic (exact) mass is 122 g/mol. The van der Waals surface area contributed by atoms with Crippen molar-refractivity contribution in [2.24, 2.45) is 0 Å². The highest BCUT2D eigenvalue weighted by Gasteiger charge is 1.91. The van der Waals surface area contributed by atoms with E-state index < -0.39 is 6.10 Å². The van der Waals surface area contributed by atoms with Crippen molar-refractivity contribution in [3.63, 3.8) is 0 Å². The Balaban J connectivity index is 2.81. The molecule has 0 spiro atoms. The zero-order valence-corrected chi connectivity index (χ0v) is 4.89. The molecule has 0 heterocycles. The molecule has 42 valence electrons. The molecule has 0 aromatic heterocycles. The molecule has 0 aromatic rings. The van der Waals surface area contributed by atoms with Crippen molar-refractivity contribution in [3.8, 4) is 0 Å². The first-order valence-corrected chi connectivity index (χ1v) is 2.63. The molecule has 0 rings (SSSR count). The van der Waals surface area contributed by atoms with Crippen molar-refractivity contribution < 1.29 is 14.2 Å². The molecule has 0 saturated heterocycles. The van der Waals surface area contributed by atoms with Gasteiger partial charge in [0.2, 0.25) is 0 Å². The molecular weight excluding hydrogens is 115 g/mol. The van der Waals surface area contributed by atoms with E-state index in [1.54, 1.807) is 6.92 Å². The minimum Gasteiger partial charge on any atom is -0.391 e. The lowest BCUT2D eigenvalue weighted by molar-refractivity contribution is 0.130. The highest BCUT2D eigenvalue weighted by atomic mass is 31.1. The van der Waals surface area contributed by atoms with Crippen molar-refractivity contribution in [1.82, 2.24) is 0 Å². The molecule has 0 radical (unpaired) electrons. The molecule has 3 nitrogen and oxygen atoms in total. The lowest BCUT2D eigenvalue weighted by Gasteiger charge is -1.95. The van der Waals surface area contributed by atoms with Crippen LogP contribution >= 0.6 is 8.69 Å². The topological polar surface area (TPSA) is 46.5 Å². The van der Waals surface area contributed by atoms with Crippen molar-refractivity contribution in [1.29, 1.82) is 0 Å². The van der Waals surface area contributed by atoms with Crippen LogP contribution in [0.1, 0.15) is 6.92 Å². The largest absolute Gasteiger partial charge is 0.391 e. The number of hydrogen-bond donors (Lipinski definition) is 1. The van der Waals surface area contributed by atoms with Gasteiger partial charge in [0.05, 0.1) is 12.7 Å². The fraction of sp³-hybridized carbons (Fsp3) is 1.00. The molecule has 1 N–H and O–H groups in total. The van der Waals surface area contributed by atoms with Crippen molar-refractivity contribution in [2.45, 2.75) is 13.0 Å². The normalized spacial score (nSPS) is 14.6. The number of rotatable bonds is 3. The van der Waals surface area contributed by atoms with Gasteiger partial charge in [-0.1, -0.05) is 0 Å². The predicted molar refractivity (Wildman–Crippen MR) is 25.2 cm³/mol. The highest BCUT2D eigenvalue weighted by Crippen LogP contribution is 1.94. The first kappa shape index (κ1) is 7.02. The molecule has 0 aromatic carbocycles. The van der Waals surface area contributed by atoms with E-state index in [1.165, 1.54) is 0 Å². The van der Waals surface area contributed by atoms with Crippen LogP contribution in [0.3, 0.4) is 0 Å². The summed E-state index contributed by atoms with van der Waals surface area (Å²) in [6.07, 6.45) is -0.526. The third kappa shape index (κ3) is 6.02. The molecule has 0 bridgehead atoms. The van der Waals surface area contributed by atoms with Gasteiger partial charge in [0, 0.05) is 0 Å². The molecule has 0 amide bonds. The second kappa shape index (κ2) is 4.19. The van der Waals surface area contributed by atoms with Gasteiger partial charge in [0.15, 0.2) is 0 Å². The summed E-state index contributed by atoms with van der Waals surface area (Å²) in [6.45, 7) is 1.69. The molecule has 7 heavy (non-hydrogen) atoms. The van der Waals surface area contributed by atoms with Crippen molar-refractivity contribution >= 4 is 8.69 Å². The molecule has 0 saturated carbocycles. The Hall–Kier alpha value is 0.0200. The molecule has 0 fully saturated rings. The molecular formula is C3H7O3P. The quantitative estimate of drug-likeness (QED) is 0.557. The van der Waals surface area contributed by atoms with E-state index in [0.717, 1.165) is 0 Å². The van der Waals surface area contributed by atoms with Gasteiger partial charge < -0.3 is 5.11 Å². The Morgan fingerprint density at radius 3 is 2.71 bits per heavy atom. The van der Waals surface area contributed by atoms with Crippen LogP contribution in [0.2, 0.25) is 0 Å². The molecule has 1 atom stereocenters. The van der Waals surface area contributed by atoms with Gasteiger partial charge in [-0.05, 0) is 6.92 Å². The Morgan fingerprint density at radius 1 is 2.00 bits per heavy atom. The van der Waals surface area contributed by atoms with E-state index in [0.29, 0.717) is 0 Å². The standard InChI is InChI=1S/C3H7O3P/c1-3(4)2-6-7-5/h3-4H,2H2,1H3. The van der Waals surface area contributed by atoms with E-state index in [-0.39, 0.29) is 15.3 Å². The van der Waals surface area contributed by atoms with Crippen LogP contribution in [0.25, 0.3) is 0 Å². The van der Waals surface area contributed by atoms with E-state index in [9.17, 15) is 4.57 Å². The summed E-state index contributed by atoms with van der Waals surface area (Å²) >= 11 is 0. The third-order valence-electron chi connectivity index (χ3n) is 0.368. The minimum absolute atomic E-state index is 0.130. The summed E-state index contributed by atoms with van der Waals surface area (Å²) in [6, 6.07) is 0. The predicted octanol–water partition coefficient (Wildman–Crippen LogP) is 0.591. The van der Waals surface area contributed by atoms with Crippen LogP contribution in [0, 0.1) is 0 Å². The summed E-state index contributed by atoms with van der Waals surface area (Å²) in [4.78, 5) is 0. The van der Waals surface area contributed by atoms with Crippen LogP contribution in [0.4, 0.5) is 0 Å². The average Bonchev–Trinajstić information content (AvgIpc) is 1.61. The van der Waals surface area contributed by atoms with Crippen molar-refractivity contribution in [2.75, 3.05) is 6.61 Å². The second-order valence-electron chi connectivity index (χ2n) is 1.22. The molecule has 0 aliphatic carbocycles. The number of aliphatic hydroxyl groups excluding tert-OH is 1. The maximum absolute atomic E-state index is 9.47. The van der Waals surface area contributed by atoms with Crippen LogP contribution in [0.15, 0.2) is 0 Å². The van der Waals surface area contributed by atoms with Gasteiger partial charge in [0.25, 0.3) is 0 Å². The van der Waals surface area contributed by atoms with Gasteiger partial charge in [-0.3, -0.25) is 4.52 Å². The fourth-order valence-corrected chi connectivity index (χ4v) is 0.415. The lowest BCUT2D eigenvalue weighted by atomic mass is 10.5. The molecule has 0 aliphatic heterocycles. The first-order valence-electron chi connectivity index (χ1n) is 1.90. The maximum atomic E-state index is 9.47. The van der Waals surface area contributed by atoms with Gasteiger partial charge in [-0.2, -0.15) is 0 Å². The number of hydrogen-bond acceptors (Lipinski definition) is 3. The van der Waals surface area contributed by atoms with Crippen LogP contribution in [-0.2, 0) is 9.09 Å². The van der Waals surface area contributed by atoms with Gasteiger partial charge >= 0.3 is 8.69 Å². The summed E-state index contributed by atoms with van der Waals surface area (Å²) in [5, 5.41) is 8.42. The van der Waals surface area contributed by atoms with E-state index in [1.807, 2.05) is 0 Å². The van der Waals surface area contributed by atoms with E-state index in [4.69, 9.17) is 5.11 Å². The lowest BCUT2D eigenvalue weighted by Crippen LogP contribution is -2.05. The Kier molecular flexibility index (Phi) is 4.20. The SMILES string of the molecule is CC(O)COP=O. The van der Waals surface area contributed by atoms with Gasteiger partial charge in [-0.25, -0.2) is 4.57 Å². The summed E-state index contributed by atoms with van der Waals surface area (Å²) in [7, 11) is -0.370. The number of aliphatic hydroxyl groups is 1.